The summed E-state index contributed by atoms with van der Waals surface area (Å²) in [6, 6.07) is 6.80. The number of hydrogen-bond donors (Lipinski definition) is 2. The van der Waals surface area contributed by atoms with Gasteiger partial charge in [-0.2, -0.15) is 13.2 Å². The minimum absolute atomic E-state index is 0.0214. The van der Waals surface area contributed by atoms with Crippen molar-refractivity contribution in [3.8, 4) is 11.4 Å². The van der Waals surface area contributed by atoms with Crippen LogP contribution in [0.1, 0.15) is 22.4 Å². The van der Waals surface area contributed by atoms with E-state index >= 15 is 0 Å². The van der Waals surface area contributed by atoms with Gasteiger partial charge in [-0.3, -0.25) is 14.2 Å². The second-order valence-corrected chi connectivity index (χ2v) is 7.45. The van der Waals surface area contributed by atoms with Crippen molar-refractivity contribution in [2.24, 2.45) is 0 Å². The second-order valence-electron chi connectivity index (χ2n) is 7.45. The Balaban J connectivity index is 1.94. The Bertz CT molecular complexity index is 1250. The Morgan fingerprint density at radius 1 is 1.12 bits per heavy atom. The lowest BCUT2D eigenvalue weighted by molar-refractivity contribution is -0.137. The topological polar surface area (TPSA) is 84.2 Å². The highest BCUT2D eigenvalue weighted by Gasteiger charge is 2.30. The molecule has 0 atom stereocenters. The van der Waals surface area contributed by atoms with Gasteiger partial charge in [-0.05, 0) is 25.1 Å². The fraction of sp³-hybridized carbons (Fsp3) is 0.261. The van der Waals surface area contributed by atoms with Gasteiger partial charge in [0.1, 0.15) is 24.0 Å². The maximum absolute atomic E-state index is 13.8. The number of nitrogens with zero attached hydrogens (tertiary/aromatic N) is 2. The molecule has 0 fully saturated rings. The number of rotatable bonds is 7. The van der Waals surface area contributed by atoms with Crippen LogP contribution in [0.3, 0.4) is 0 Å². The molecule has 1 amide bonds. The molecule has 1 heterocycles. The van der Waals surface area contributed by atoms with Crippen molar-refractivity contribution in [1.82, 2.24) is 14.9 Å². The molecule has 6 nitrogen and oxygen atoms in total. The first kappa shape index (κ1) is 25.0. The van der Waals surface area contributed by atoms with Gasteiger partial charge < -0.3 is 10.4 Å². The maximum atomic E-state index is 13.8. The summed E-state index contributed by atoms with van der Waals surface area (Å²) >= 11 is 0. The molecule has 0 unspecified atom stereocenters. The number of aromatic nitrogens is 2. The predicted octanol–water partition coefficient (Wildman–Crippen LogP) is 3.37. The van der Waals surface area contributed by atoms with Crippen molar-refractivity contribution in [3.63, 3.8) is 0 Å². The molecule has 2 aromatic carbocycles. The molecule has 0 aliphatic heterocycles. The highest BCUT2D eigenvalue weighted by molar-refractivity contribution is 5.76. The van der Waals surface area contributed by atoms with Gasteiger partial charge >= 0.3 is 6.18 Å². The van der Waals surface area contributed by atoms with Crippen molar-refractivity contribution in [1.29, 1.82) is 0 Å². The van der Waals surface area contributed by atoms with E-state index in [2.05, 4.69) is 10.3 Å². The molecule has 0 saturated carbocycles. The predicted molar refractivity (Wildman–Crippen MR) is 113 cm³/mol. The third-order valence-electron chi connectivity index (χ3n) is 5.09. The van der Waals surface area contributed by atoms with Gasteiger partial charge in [-0.1, -0.05) is 18.2 Å². The Hall–Kier alpha value is -3.60. The lowest BCUT2D eigenvalue weighted by atomic mass is 10.1. The van der Waals surface area contributed by atoms with Crippen LogP contribution in [0.5, 0.6) is 0 Å². The van der Waals surface area contributed by atoms with Crippen LogP contribution in [0.15, 0.2) is 47.3 Å². The van der Waals surface area contributed by atoms with Crippen molar-refractivity contribution < 1.29 is 31.9 Å². The van der Waals surface area contributed by atoms with Crippen molar-refractivity contribution in [2.75, 3.05) is 6.61 Å². The number of aryl methyl sites for hydroxylation is 1. The number of benzene rings is 2. The molecule has 11 heteroatoms. The van der Waals surface area contributed by atoms with Crippen LogP contribution in [0.2, 0.25) is 0 Å². The van der Waals surface area contributed by atoms with E-state index in [0.717, 1.165) is 41.0 Å². The summed E-state index contributed by atoms with van der Waals surface area (Å²) < 4.78 is 66.6. The van der Waals surface area contributed by atoms with Gasteiger partial charge in [0.05, 0.1) is 5.56 Å². The first-order valence-electron chi connectivity index (χ1n) is 10.1. The van der Waals surface area contributed by atoms with Crippen LogP contribution in [0.4, 0.5) is 22.0 Å². The SMILES string of the molecule is Cc1nc(-c2ccc(C(F)(F)F)cc2)n(CC(=O)NCc2ccc(F)cc2F)c(=O)c1CCO. The average Bonchev–Trinajstić information content (AvgIpc) is 2.77. The third-order valence-corrected chi connectivity index (χ3v) is 5.09. The van der Waals surface area contributed by atoms with Gasteiger partial charge in [0, 0.05) is 48.0 Å². The number of alkyl halides is 3. The average molecular weight is 481 g/mol. The fourth-order valence-electron chi connectivity index (χ4n) is 3.33. The van der Waals surface area contributed by atoms with Gasteiger partial charge in [0.2, 0.25) is 5.91 Å². The van der Waals surface area contributed by atoms with E-state index in [-0.39, 0.29) is 47.8 Å². The normalized spacial score (nSPS) is 11.5. The Labute approximate surface area is 190 Å². The highest BCUT2D eigenvalue weighted by atomic mass is 19.4. The van der Waals surface area contributed by atoms with E-state index in [1.807, 2.05) is 0 Å². The van der Waals surface area contributed by atoms with E-state index in [4.69, 9.17) is 0 Å². The molecule has 1 aromatic heterocycles. The van der Waals surface area contributed by atoms with Crippen LogP contribution >= 0.6 is 0 Å². The van der Waals surface area contributed by atoms with Crippen LogP contribution in [0, 0.1) is 18.6 Å². The summed E-state index contributed by atoms with van der Waals surface area (Å²) in [5.41, 5.74) is -0.930. The molecular formula is C23H20F5N3O3. The van der Waals surface area contributed by atoms with Crippen LogP contribution in [-0.2, 0) is 30.5 Å². The van der Waals surface area contributed by atoms with Crippen molar-refractivity contribution in [3.05, 3.63) is 86.8 Å². The highest BCUT2D eigenvalue weighted by Crippen LogP contribution is 2.30. The molecule has 2 N–H and O–H groups in total. The molecule has 0 bridgehead atoms. The van der Waals surface area contributed by atoms with Gasteiger partial charge in [-0.25, -0.2) is 13.8 Å². The number of hydrogen-bond acceptors (Lipinski definition) is 4. The number of nitrogens with one attached hydrogen (secondary N) is 1. The van der Waals surface area contributed by atoms with E-state index < -0.39 is 41.4 Å². The summed E-state index contributed by atoms with van der Waals surface area (Å²) in [6.45, 7) is 0.316. The number of aliphatic hydroxyl groups excluding tert-OH is 1. The van der Waals surface area contributed by atoms with E-state index in [1.54, 1.807) is 0 Å². The first-order chi connectivity index (χ1) is 16.0. The van der Waals surface area contributed by atoms with Gasteiger partial charge in [0.15, 0.2) is 0 Å². The summed E-state index contributed by atoms with van der Waals surface area (Å²) in [5.74, 6) is -2.38. The molecule has 3 aromatic rings. The zero-order valence-electron chi connectivity index (χ0n) is 17.9. The summed E-state index contributed by atoms with van der Waals surface area (Å²) in [7, 11) is 0. The van der Waals surface area contributed by atoms with E-state index in [1.165, 1.54) is 6.92 Å². The zero-order chi connectivity index (χ0) is 25.0. The van der Waals surface area contributed by atoms with E-state index in [9.17, 15) is 36.6 Å². The lowest BCUT2D eigenvalue weighted by Gasteiger charge is -2.16. The quantitative estimate of drug-likeness (QED) is 0.507. The van der Waals surface area contributed by atoms with Crippen molar-refractivity contribution in [2.45, 2.75) is 32.6 Å². The summed E-state index contributed by atoms with van der Waals surface area (Å²) in [5, 5.41) is 11.7. The van der Waals surface area contributed by atoms with Gasteiger partial charge in [-0.15, -0.1) is 0 Å². The maximum Gasteiger partial charge on any atom is 0.416 e. The number of amides is 1. The third kappa shape index (κ3) is 5.66. The summed E-state index contributed by atoms with van der Waals surface area (Å²) in [4.78, 5) is 29.9. The number of aliphatic hydroxyl groups is 1. The molecule has 180 valence electrons. The Morgan fingerprint density at radius 2 is 1.79 bits per heavy atom. The molecule has 3 rings (SSSR count). The molecule has 0 radical (unpaired) electrons. The Morgan fingerprint density at radius 3 is 2.38 bits per heavy atom. The monoisotopic (exact) mass is 481 g/mol. The van der Waals surface area contributed by atoms with Crippen LogP contribution < -0.4 is 10.9 Å². The molecular weight excluding hydrogens is 461 g/mol. The number of halogens is 5. The van der Waals surface area contributed by atoms with Gasteiger partial charge in [0.25, 0.3) is 5.56 Å². The smallest absolute Gasteiger partial charge is 0.396 e. The largest absolute Gasteiger partial charge is 0.416 e. The lowest BCUT2D eigenvalue weighted by Crippen LogP contribution is -2.35. The number of carbonyl (C=O) groups is 1. The van der Waals surface area contributed by atoms with Crippen LogP contribution in [-0.4, -0.2) is 27.2 Å². The molecule has 0 aliphatic carbocycles. The molecule has 0 saturated heterocycles. The summed E-state index contributed by atoms with van der Waals surface area (Å²) in [6.07, 6.45) is -4.59. The minimum atomic E-state index is -4.55. The Kier molecular flexibility index (Phi) is 7.45. The molecule has 34 heavy (non-hydrogen) atoms. The molecule has 0 spiro atoms. The number of carbonyl (C=O) groups excluding carboxylic acids is 1. The first-order valence-corrected chi connectivity index (χ1v) is 10.1. The zero-order valence-corrected chi connectivity index (χ0v) is 17.9. The standard InChI is InChI=1S/C23H20F5N3O3/c1-13-18(8-9-32)22(34)31(12-20(33)29-11-15-4-7-17(24)10-19(15)25)21(30-13)14-2-5-16(6-3-14)23(26,27)28/h2-7,10,32H,8-9,11-12H2,1H3,(H,29,33). The van der Waals surface area contributed by atoms with E-state index in [0.29, 0.717) is 6.07 Å². The molecule has 0 aliphatic rings. The van der Waals surface area contributed by atoms with Crippen LogP contribution in [0.25, 0.3) is 11.4 Å². The fourth-order valence-corrected chi connectivity index (χ4v) is 3.33. The van der Waals surface area contributed by atoms with Crippen molar-refractivity contribution >= 4 is 5.91 Å². The minimum Gasteiger partial charge on any atom is -0.396 e. The second kappa shape index (κ2) is 10.1.